The average molecular weight is 376 g/mol. The summed E-state index contributed by atoms with van der Waals surface area (Å²) in [4.78, 5) is 29.9. The molecular weight excluding hydrogens is 356 g/mol. The van der Waals surface area contributed by atoms with E-state index in [1.807, 2.05) is 38.1 Å². The number of nitrogens with one attached hydrogen (secondary N) is 1. The summed E-state index contributed by atoms with van der Waals surface area (Å²) in [5, 5.41) is 11.0. The van der Waals surface area contributed by atoms with E-state index in [-0.39, 0.29) is 23.7 Å². The quantitative estimate of drug-likeness (QED) is 0.571. The van der Waals surface area contributed by atoms with Crippen molar-refractivity contribution in [3.63, 3.8) is 0 Å². The highest BCUT2D eigenvalue weighted by molar-refractivity contribution is 5.80. The molecule has 0 saturated heterocycles. The summed E-state index contributed by atoms with van der Waals surface area (Å²) in [5.74, 6) is 0.403. The second-order valence-electron chi connectivity index (χ2n) is 6.63. The molecule has 8 nitrogen and oxygen atoms in total. The predicted molar refractivity (Wildman–Crippen MR) is 105 cm³/mol. The zero-order chi connectivity index (χ0) is 19.7. The molecule has 8 heteroatoms. The average Bonchev–Trinajstić information content (AvgIpc) is 3.14. The Hall–Kier alpha value is -3.55. The summed E-state index contributed by atoms with van der Waals surface area (Å²) in [6, 6.07) is 11.4. The Bertz CT molecular complexity index is 1240. The fraction of sp³-hybridized carbons (Fsp3) is 0.250. The third-order valence-corrected chi connectivity index (χ3v) is 4.63. The fourth-order valence-electron chi connectivity index (χ4n) is 3.29. The molecule has 0 bridgehead atoms. The Morgan fingerprint density at radius 2 is 2.00 bits per heavy atom. The number of hydrogen-bond donors (Lipinski definition) is 1. The minimum absolute atomic E-state index is 0.113. The van der Waals surface area contributed by atoms with Crippen LogP contribution < -0.4 is 10.9 Å². The molecule has 0 atom stereocenters. The van der Waals surface area contributed by atoms with Gasteiger partial charge in [0.25, 0.3) is 5.56 Å². The van der Waals surface area contributed by atoms with Gasteiger partial charge < -0.3 is 5.32 Å². The largest absolute Gasteiger partial charge is 0.350 e. The standard InChI is InChI=1S/C20H20N6O2/c1-3-16-23-24-19-20(28)25(15-8-5-9-21-18(15)26(16)19)12-17(27)22-11-14-7-4-6-13(2)10-14/h4-10H,3,11-12H2,1-2H3,(H,22,27). The van der Waals surface area contributed by atoms with Crippen molar-refractivity contribution in [3.8, 4) is 0 Å². The van der Waals surface area contributed by atoms with Crippen LogP contribution in [0.2, 0.25) is 0 Å². The number of pyridine rings is 1. The van der Waals surface area contributed by atoms with Crippen LogP contribution in [-0.4, -0.2) is 30.1 Å². The van der Waals surface area contributed by atoms with E-state index in [2.05, 4.69) is 20.5 Å². The van der Waals surface area contributed by atoms with Gasteiger partial charge in [0.1, 0.15) is 12.4 Å². The van der Waals surface area contributed by atoms with E-state index in [4.69, 9.17) is 0 Å². The third-order valence-electron chi connectivity index (χ3n) is 4.63. The maximum absolute atomic E-state index is 13.0. The highest BCUT2D eigenvalue weighted by Crippen LogP contribution is 2.13. The number of benzene rings is 1. The van der Waals surface area contributed by atoms with E-state index in [1.165, 1.54) is 4.57 Å². The molecule has 0 spiro atoms. The first-order valence-electron chi connectivity index (χ1n) is 9.12. The monoisotopic (exact) mass is 376 g/mol. The number of hydrogen-bond acceptors (Lipinski definition) is 5. The van der Waals surface area contributed by atoms with Crippen molar-refractivity contribution in [1.82, 2.24) is 29.5 Å². The molecule has 1 amide bonds. The molecule has 0 aliphatic carbocycles. The SMILES string of the molecule is CCc1nnc2c(=O)n(CC(=O)NCc3cccc(C)c3)c3cccnc3n12. The molecule has 1 aromatic carbocycles. The van der Waals surface area contributed by atoms with Gasteiger partial charge in [-0.2, -0.15) is 0 Å². The molecule has 1 N–H and O–H groups in total. The lowest BCUT2D eigenvalue weighted by Gasteiger charge is -2.12. The van der Waals surface area contributed by atoms with E-state index in [0.29, 0.717) is 30.0 Å². The molecule has 3 heterocycles. The summed E-state index contributed by atoms with van der Waals surface area (Å²) < 4.78 is 3.07. The Morgan fingerprint density at radius 1 is 1.14 bits per heavy atom. The minimum Gasteiger partial charge on any atom is -0.350 e. The van der Waals surface area contributed by atoms with E-state index in [9.17, 15) is 9.59 Å². The fourth-order valence-corrected chi connectivity index (χ4v) is 3.29. The van der Waals surface area contributed by atoms with Gasteiger partial charge in [-0.05, 0) is 24.6 Å². The van der Waals surface area contributed by atoms with Crippen LogP contribution in [0.25, 0.3) is 16.8 Å². The maximum atomic E-state index is 13.0. The first-order valence-corrected chi connectivity index (χ1v) is 9.12. The van der Waals surface area contributed by atoms with Crippen molar-refractivity contribution in [2.45, 2.75) is 33.4 Å². The number of nitrogens with zero attached hydrogens (tertiary/aromatic N) is 5. The molecule has 28 heavy (non-hydrogen) atoms. The van der Waals surface area contributed by atoms with E-state index < -0.39 is 0 Å². The first kappa shape index (κ1) is 17.8. The Labute approximate surface area is 160 Å². The van der Waals surface area contributed by atoms with Crippen LogP contribution in [0.5, 0.6) is 0 Å². The zero-order valence-corrected chi connectivity index (χ0v) is 15.7. The Morgan fingerprint density at radius 3 is 2.79 bits per heavy atom. The van der Waals surface area contributed by atoms with Crippen molar-refractivity contribution in [3.05, 3.63) is 69.9 Å². The van der Waals surface area contributed by atoms with Gasteiger partial charge in [0.05, 0.1) is 5.52 Å². The molecule has 3 aromatic heterocycles. The molecule has 0 aliphatic heterocycles. The Kier molecular flexibility index (Phi) is 4.60. The summed E-state index contributed by atoms with van der Waals surface area (Å²) >= 11 is 0. The van der Waals surface area contributed by atoms with E-state index in [1.54, 1.807) is 22.7 Å². The molecule has 0 radical (unpaired) electrons. The molecule has 0 fully saturated rings. The van der Waals surface area contributed by atoms with Gasteiger partial charge in [0.2, 0.25) is 11.6 Å². The summed E-state index contributed by atoms with van der Waals surface area (Å²) in [6.07, 6.45) is 2.26. The summed E-state index contributed by atoms with van der Waals surface area (Å²) in [5.41, 5.74) is 3.08. The summed E-state index contributed by atoms with van der Waals surface area (Å²) in [7, 11) is 0. The van der Waals surface area contributed by atoms with Gasteiger partial charge in [-0.25, -0.2) is 4.98 Å². The highest BCUT2D eigenvalue weighted by Gasteiger charge is 2.17. The minimum atomic E-state index is -0.363. The van der Waals surface area contributed by atoms with E-state index in [0.717, 1.165) is 11.1 Å². The zero-order valence-electron chi connectivity index (χ0n) is 15.7. The van der Waals surface area contributed by atoms with Crippen molar-refractivity contribution < 1.29 is 4.79 Å². The van der Waals surface area contributed by atoms with Crippen LogP contribution in [0.1, 0.15) is 23.9 Å². The van der Waals surface area contributed by atoms with Gasteiger partial charge in [-0.1, -0.05) is 36.8 Å². The number of rotatable bonds is 5. The number of amides is 1. The van der Waals surface area contributed by atoms with Crippen LogP contribution in [0.3, 0.4) is 0 Å². The second kappa shape index (κ2) is 7.22. The first-order chi connectivity index (χ1) is 13.6. The van der Waals surface area contributed by atoms with Crippen molar-refractivity contribution in [2.75, 3.05) is 0 Å². The van der Waals surface area contributed by atoms with Gasteiger partial charge in [0, 0.05) is 19.2 Å². The van der Waals surface area contributed by atoms with Crippen LogP contribution in [0, 0.1) is 6.92 Å². The van der Waals surface area contributed by atoms with E-state index >= 15 is 0 Å². The normalized spacial score (nSPS) is 11.2. The van der Waals surface area contributed by atoms with Crippen molar-refractivity contribution in [1.29, 1.82) is 0 Å². The molecular formula is C20H20N6O2. The lowest BCUT2D eigenvalue weighted by Crippen LogP contribution is -2.33. The number of carbonyl (C=O) groups is 1. The third kappa shape index (κ3) is 3.13. The smallest absolute Gasteiger partial charge is 0.297 e. The van der Waals surface area contributed by atoms with Gasteiger partial charge in [-0.15, -0.1) is 10.2 Å². The van der Waals surface area contributed by atoms with Crippen LogP contribution >= 0.6 is 0 Å². The molecule has 142 valence electrons. The molecule has 0 unspecified atom stereocenters. The van der Waals surface area contributed by atoms with Crippen molar-refractivity contribution in [2.24, 2.45) is 0 Å². The maximum Gasteiger partial charge on any atom is 0.297 e. The number of carbonyl (C=O) groups excluding carboxylic acids is 1. The number of fused-ring (bicyclic) bond motifs is 3. The Balaban J connectivity index is 1.69. The van der Waals surface area contributed by atoms with Crippen LogP contribution in [-0.2, 0) is 24.3 Å². The van der Waals surface area contributed by atoms with Crippen molar-refractivity contribution >= 4 is 22.7 Å². The summed E-state index contributed by atoms with van der Waals surface area (Å²) in [6.45, 7) is 4.23. The lowest BCUT2D eigenvalue weighted by molar-refractivity contribution is -0.121. The highest BCUT2D eigenvalue weighted by atomic mass is 16.2. The topological polar surface area (TPSA) is 94.2 Å². The molecule has 0 aliphatic rings. The molecule has 4 aromatic rings. The second-order valence-corrected chi connectivity index (χ2v) is 6.63. The van der Waals surface area contributed by atoms with Gasteiger partial charge in [-0.3, -0.25) is 18.6 Å². The predicted octanol–water partition coefficient (Wildman–Crippen LogP) is 1.63. The number of aromatic nitrogens is 5. The van der Waals surface area contributed by atoms with Gasteiger partial charge in [0.15, 0.2) is 5.65 Å². The lowest BCUT2D eigenvalue weighted by atomic mass is 10.1. The van der Waals surface area contributed by atoms with Crippen LogP contribution in [0.15, 0.2) is 47.4 Å². The van der Waals surface area contributed by atoms with Gasteiger partial charge >= 0.3 is 0 Å². The molecule has 4 rings (SSSR count). The van der Waals surface area contributed by atoms with Crippen LogP contribution in [0.4, 0.5) is 0 Å². The number of aryl methyl sites for hydroxylation is 2. The molecule has 0 saturated carbocycles.